The van der Waals surface area contributed by atoms with Crippen molar-refractivity contribution in [1.29, 1.82) is 0 Å². The third-order valence-electron chi connectivity index (χ3n) is 5.43. The Morgan fingerprint density at radius 2 is 1.95 bits per heavy atom. The lowest BCUT2D eigenvalue weighted by Crippen LogP contribution is -2.26. The van der Waals surface area contributed by atoms with E-state index in [4.69, 9.17) is 11.6 Å². The highest BCUT2D eigenvalue weighted by molar-refractivity contribution is 7.13. The predicted molar refractivity (Wildman–Crippen MR) is 132 cm³/mol. The van der Waals surface area contributed by atoms with E-state index in [2.05, 4.69) is 30.9 Å². The molecule has 0 aliphatic carbocycles. The van der Waals surface area contributed by atoms with Crippen molar-refractivity contribution in [3.63, 3.8) is 0 Å². The van der Waals surface area contributed by atoms with Crippen LogP contribution in [0.15, 0.2) is 42.2 Å². The molecule has 0 saturated carbocycles. The number of carbonyl (C=O) groups excluding carboxylic acids is 2. The van der Waals surface area contributed by atoms with Crippen molar-refractivity contribution in [2.24, 2.45) is 14.1 Å². The van der Waals surface area contributed by atoms with Crippen molar-refractivity contribution < 1.29 is 22.8 Å². The van der Waals surface area contributed by atoms with Gasteiger partial charge in [-0.3, -0.25) is 19.0 Å². The van der Waals surface area contributed by atoms with Crippen LogP contribution < -0.4 is 10.6 Å². The van der Waals surface area contributed by atoms with E-state index in [1.165, 1.54) is 29.3 Å². The molecule has 0 aliphatic rings. The van der Waals surface area contributed by atoms with E-state index in [0.717, 1.165) is 11.6 Å². The standard InChI is InChI=1S/C22H17ClF3N9O2S/c1-33-10-11(8-28-33)7-27-21(37)18-13(9-29-34(18)2)31-20(36)17-16(23)19-30-12(14-4-3-5-38-14)6-15(22(24,25)26)35(19)32-17/h3-6,8-10H,7H2,1-2H3,(H,27,37)(H,31,36). The fraction of sp³-hybridized carbons (Fsp3) is 0.182. The van der Waals surface area contributed by atoms with Gasteiger partial charge >= 0.3 is 6.18 Å². The summed E-state index contributed by atoms with van der Waals surface area (Å²) in [6, 6.07) is 4.13. The van der Waals surface area contributed by atoms with Crippen LogP contribution in [0.4, 0.5) is 18.9 Å². The van der Waals surface area contributed by atoms with Gasteiger partial charge in [-0.15, -0.1) is 11.3 Å². The first-order valence-electron chi connectivity index (χ1n) is 10.8. The van der Waals surface area contributed by atoms with Crippen LogP contribution in [0.1, 0.15) is 32.2 Å². The molecule has 2 N–H and O–H groups in total. The predicted octanol–water partition coefficient (Wildman–Crippen LogP) is 3.78. The molecule has 0 aromatic carbocycles. The van der Waals surface area contributed by atoms with E-state index in [1.807, 2.05) is 0 Å². The number of rotatable bonds is 6. The first-order valence-corrected chi connectivity index (χ1v) is 12.1. The largest absolute Gasteiger partial charge is 0.433 e. The molecule has 0 aliphatic heterocycles. The summed E-state index contributed by atoms with van der Waals surface area (Å²) in [5.41, 5.74) is -1.18. The Bertz CT molecular complexity index is 1670. The summed E-state index contributed by atoms with van der Waals surface area (Å²) in [5.74, 6) is -1.49. The number of amides is 2. The van der Waals surface area contributed by atoms with Gasteiger partial charge in [0.05, 0.1) is 28.7 Å². The molecule has 38 heavy (non-hydrogen) atoms. The average Bonchev–Trinajstić information content (AvgIpc) is 3.65. The first-order chi connectivity index (χ1) is 18.0. The summed E-state index contributed by atoms with van der Waals surface area (Å²) in [4.78, 5) is 30.6. The molecule has 0 bridgehead atoms. The lowest BCUT2D eigenvalue weighted by molar-refractivity contribution is -0.142. The van der Waals surface area contributed by atoms with Crippen LogP contribution in [0.25, 0.3) is 16.2 Å². The molecule has 0 atom stereocenters. The average molecular weight is 564 g/mol. The Morgan fingerprint density at radius 1 is 1.16 bits per heavy atom. The Hall–Kier alpha value is -4.24. The lowest BCUT2D eigenvalue weighted by Gasteiger charge is -2.10. The maximum absolute atomic E-state index is 13.9. The Morgan fingerprint density at radius 3 is 2.61 bits per heavy atom. The highest BCUT2D eigenvalue weighted by Gasteiger charge is 2.37. The Kier molecular flexibility index (Phi) is 6.40. The van der Waals surface area contributed by atoms with Gasteiger partial charge in [0, 0.05) is 32.4 Å². The molecule has 5 rings (SSSR count). The molecule has 5 aromatic heterocycles. The lowest BCUT2D eigenvalue weighted by atomic mass is 10.2. The number of hydrogen-bond donors (Lipinski definition) is 2. The maximum Gasteiger partial charge on any atom is 0.433 e. The van der Waals surface area contributed by atoms with Crippen molar-refractivity contribution in [3.8, 4) is 10.6 Å². The summed E-state index contributed by atoms with van der Waals surface area (Å²) in [6.07, 6.45) is -0.260. The third-order valence-corrected chi connectivity index (χ3v) is 6.67. The number of anilines is 1. The van der Waals surface area contributed by atoms with Crippen LogP contribution in [0.5, 0.6) is 0 Å². The topological polar surface area (TPSA) is 124 Å². The number of halogens is 4. The van der Waals surface area contributed by atoms with E-state index in [-0.39, 0.29) is 34.3 Å². The summed E-state index contributed by atoms with van der Waals surface area (Å²) < 4.78 is 45.0. The number of thiophene rings is 1. The molecule has 0 fully saturated rings. The van der Waals surface area contributed by atoms with Gasteiger partial charge < -0.3 is 10.6 Å². The Labute approximate surface area is 220 Å². The molecular formula is C22H17ClF3N9O2S. The molecule has 5 aromatic rings. The number of alkyl halides is 3. The van der Waals surface area contributed by atoms with E-state index in [0.29, 0.717) is 9.39 Å². The van der Waals surface area contributed by atoms with Crippen LogP contribution in [-0.2, 0) is 26.8 Å². The normalized spacial score (nSPS) is 11.7. The van der Waals surface area contributed by atoms with Crippen LogP contribution in [0.3, 0.4) is 0 Å². The van der Waals surface area contributed by atoms with Gasteiger partial charge in [0.1, 0.15) is 10.7 Å². The van der Waals surface area contributed by atoms with Crippen molar-refractivity contribution in [3.05, 3.63) is 69.8 Å². The fourth-order valence-electron chi connectivity index (χ4n) is 3.70. The monoisotopic (exact) mass is 563 g/mol. The van der Waals surface area contributed by atoms with Gasteiger partial charge in [0.25, 0.3) is 11.8 Å². The van der Waals surface area contributed by atoms with Crippen molar-refractivity contribution in [2.45, 2.75) is 12.7 Å². The minimum absolute atomic E-state index is 0.0104. The number of fused-ring (bicyclic) bond motifs is 1. The molecule has 0 spiro atoms. The molecule has 5 heterocycles. The number of nitrogens with one attached hydrogen (secondary N) is 2. The summed E-state index contributed by atoms with van der Waals surface area (Å²) in [7, 11) is 3.24. The first kappa shape index (κ1) is 25.4. The Balaban J connectivity index is 1.46. The second-order valence-electron chi connectivity index (χ2n) is 8.09. The molecule has 2 amide bonds. The highest BCUT2D eigenvalue weighted by atomic mass is 35.5. The third kappa shape index (κ3) is 4.72. The van der Waals surface area contributed by atoms with Crippen molar-refractivity contribution in [1.82, 2.24) is 39.5 Å². The molecule has 0 unspecified atom stereocenters. The quantitative estimate of drug-likeness (QED) is 0.324. The fourth-order valence-corrected chi connectivity index (χ4v) is 4.63. The number of aromatic nitrogens is 7. The van der Waals surface area contributed by atoms with E-state index >= 15 is 0 Å². The molecule has 16 heteroatoms. The number of nitrogens with zero attached hydrogens (tertiary/aromatic N) is 7. The number of carbonyl (C=O) groups is 2. The summed E-state index contributed by atoms with van der Waals surface area (Å²) >= 11 is 7.52. The highest BCUT2D eigenvalue weighted by Crippen LogP contribution is 2.35. The minimum Gasteiger partial charge on any atom is -0.346 e. The second-order valence-corrected chi connectivity index (χ2v) is 9.41. The number of hydrogen-bond acceptors (Lipinski definition) is 7. The zero-order valence-corrected chi connectivity index (χ0v) is 21.2. The van der Waals surface area contributed by atoms with Gasteiger partial charge in [-0.25, -0.2) is 9.50 Å². The molecule has 0 saturated heterocycles. The SMILES string of the molecule is Cn1cc(CNC(=O)c2c(NC(=O)c3nn4c(C(F)(F)F)cc(-c5cccs5)nc4c3Cl)cnn2C)cn1. The molecule has 11 nitrogen and oxygen atoms in total. The molecule has 196 valence electrons. The van der Waals surface area contributed by atoms with E-state index < -0.39 is 29.4 Å². The van der Waals surface area contributed by atoms with Gasteiger partial charge in [-0.05, 0) is 17.5 Å². The summed E-state index contributed by atoms with van der Waals surface area (Å²) in [5, 5.41) is 18.3. The van der Waals surface area contributed by atoms with Crippen LogP contribution in [0, 0.1) is 0 Å². The summed E-state index contributed by atoms with van der Waals surface area (Å²) in [6.45, 7) is 0.169. The second kappa shape index (κ2) is 9.57. The smallest absolute Gasteiger partial charge is 0.346 e. The van der Waals surface area contributed by atoms with Crippen molar-refractivity contribution >= 4 is 46.1 Å². The van der Waals surface area contributed by atoms with Gasteiger partial charge in [0.2, 0.25) is 0 Å². The van der Waals surface area contributed by atoms with Crippen molar-refractivity contribution in [2.75, 3.05) is 5.32 Å². The minimum atomic E-state index is -4.81. The van der Waals surface area contributed by atoms with Crippen LogP contribution in [-0.4, -0.2) is 46.0 Å². The number of aryl methyl sites for hydroxylation is 2. The zero-order chi connectivity index (χ0) is 27.2. The van der Waals surface area contributed by atoms with Crippen LogP contribution in [0.2, 0.25) is 5.02 Å². The van der Waals surface area contributed by atoms with E-state index in [9.17, 15) is 22.8 Å². The molecule has 0 radical (unpaired) electrons. The van der Waals surface area contributed by atoms with Crippen LogP contribution >= 0.6 is 22.9 Å². The van der Waals surface area contributed by atoms with Gasteiger partial charge in [-0.1, -0.05) is 17.7 Å². The maximum atomic E-state index is 13.9. The zero-order valence-electron chi connectivity index (χ0n) is 19.6. The van der Waals surface area contributed by atoms with Gasteiger partial charge in [-0.2, -0.15) is 28.5 Å². The van der Waals surface area contributed by atoms with E-state index in [1.54, 1.807) is 41.6 Å². The molecular weight excluding hydrogens is 547 g/mol. The van der Waals surface area contributed by atoms with Gasteiger partial charge in [0.15, 0.2) is 17.0 Å².